The van der Waals surface area contributed by atoms with Gasteiger partial charge in [0.1, 0.15) is 11.9 Å². The fourth-order valence-corrected chi connectivity index (χ4v) is 2.21. The smallest absolute Gasteiger partial charge is 0.125 e. The van der Waals surface area contributed by atoms with Crippen molar-refractivity contribution in [1.82, 2.24) is 5.32 Å². The van der Waals surface area contributed by atoms with Crippen LogP contribution in [0.2, 0.25) is 0 Å². The van der Waals surface area contributed by atoms with Crippen molar-refractivity contribution in [3.63, 3.8) is 0 Å². The Morgan fingerprint density at radius 1 is 1.21 bits per heavy atom. The van der Waals surface area contributed by atoms with Gasteiger partial charge in [-0.1, -0.05) is 19.1 Å². The summed E-state index contributed by atoms with van der Waals surface area (Å²) in [5.41, 5.74) is 3.70. The molecule has 0 spiro atoms. The zero-order valence-corrected chi connectivity index (χ0v) is 12.9. The maximum absolute atomic E-state index is 5.95. The minimum atomic E-state index is 0.0754. The lowest BCUT2D eigenvalue weighted by Crippen LogP contribution is -2.19. The molecule has 1 rings (SSSR count). The van der Waals surface area contributed by atoms with E-state index in [0.717, 1.165) is 25.3 Å². The van der Waals surface area contributed by atoms with Crippen LogP contribution in [0.3, 0.4) is 0 Å². The van der Waals surface area contributed by atoms with Crippen molar-refractivity contribution in [3.8, 4) is 5.75 Å². The molecule has 0 radical (unpaired) electrons. The number of hydrogen-bond acceptors (Lipinski definition) is 3. The lowest BCUT2D eigenvalue weighted by atomic mass is 10.1. The van der Waals surface area contributed by atoms with Crippen LogP contribution in [0.15, 0.2) is 12.1 Å². The molecule has 0 saturated heterocycles. The molecular weight excluding hydrogens is 238 g/mol. The van der Waals surface area contributed by atoms with Crippen molar-refractivity contribution in [2.45, 2.75) is 46.8 Å². The van der Waals surface area contributed by atoms with Gasteiger partial charge in [-0.15, -0.1) is 0 Å². The summed E-state index contributed by atoms with van der Waals surface area (Å²) in [7, 11) is 1.70. The van der Waals surface area contributed by atoms with Crippen LogP contribution in [-0.2, 0) is 11.3 Å². The van der Waals surface area contributed by atoms with Crippen LogP contribution in [0.25, 0.3) is 0 Å². The highest BCUT2D eigenvalue weighted by atomic mass is 16.5. The van der Waals surface area contributed by atoms with E-state index < -0.39 is 0 Å². The zero-order chi connectivity index (χ0) is 14.3. The first-order valence-electron chi connectivity index (χ1n) is 7.04. The summed E-state index contributed by atoms with van der Waals surface area (Å²) in [6.07, 6.45) is 1.24. The number of hydrogen-bond donors (Lipinski definition) is 1. The van der Waals surface area contributed by atoms with E-state index in [1.807, 2.05) is 6.92 Å². The summed E-state index contributed by atoms with van der Waals surface area (Å²) in [6, 6.07) is 4.40. The number of nitrogens with one attached hydrogen (secondary N) is 1. The number of ether oxygens (including phenoxy) is 2. The van der Waals surface area contributed by atoms with Gasteiger partial charge in [-0.3, -0.25) is 0 Å². The van der Waals surface area contributed by atoms with Gasteiger partial charge in [-0.05, 0) is 50.4 Å². The fraction of sp³-hybridized carbons (Fsp3) is 0.625. The van der Waals surface area contributed by atoms with E-state index in [4.69, 9.17) is 9.47 Å². The molecule has 0 bridgehead atoms. The van der Waals surface area contributed by atoms with Gasteiger partial charge in [-0.2, -0.15) is 0 Å². The van der Waals surface area contributed by atoms with Crippen molar-refractivity contribution in [1.29, 1.82) is 0 Å². The standard InChI is InChI=1S/C16H27NO2/c1-6-7-17-10-15-8-12(2)16(13(3)9-15)19-14(4)11-18-5/h8-9,14,17H,6-7,10-11H2,1-5H3. The van der Waals surface area contributed by atoms with E-state index in [-0.39, 0.29) is 6.10 Å². The molecule has 0 amide bonds. The number of benzene rings is 1. The molecule has 3 nitrogen and oxygen atoms in total. The Morgan fingerprint density at radius 2 is 1.84 bits per heavy atom. The molecule has 19 heavy (non-hydrogen) atoms. The first kappa shape index (κ1) is 16.0. The second kappa shape index (κ2) is 8.18. The van der Waals surface area contributed by atoms with Crippen molar-refractivity contribution in [2.24, 2.45) is 0 Å². The molecule has 0 aliphatic carbocycles. The Hall–Kier alpha value is -1.06. The van der Waals surface area contributed by atoms with E-state index in [1.54, 1.807) is 7.11 Å². The molecule has 0 heterocycles. The second-order valence-corrected chi connectivity index (χ2v) is 5.12. The zero-order valence-electron chi connectivity index (χ0n) is 12.9. The summed E-state index contributed by atoms with van der Waals surface area (Å²) in [5.74, 6) is 0.990. The molecule has 0 saturated carbocycles. The molecule has 0 fully saturated rings. The SMILES string of the molecule is CCCNCc1cc(C)c(OC(C)COC)c(C)c1. The monoisotopic (exact) mass is 265 g/mol. The van der Waals surface area contributed by atoms with E-state index in [0.29, 0.717) is 6.61 Å². The van der Waals surface area contributed by atoms with Crippen LogP contribution in [0, 0.1) is 13.8 Å². The van der Waals surface area contributed by atoms with Crippen LogP contribution in [0.1, 0.15) is 37.0 Å². The third-order valence-electron chi connectivity index (χ3n) is 3.00. The maximum Gasteiger partial charge on any atom is 0.125 e. The highest BCUT2D eigenvalue weighted by Crippen LogP contribution is 2.26. The minimum Gasteiger partial charge on any atom is -0.488 e. The maximum atomic E-state index is 5.95. The van der Waals surface area contributed by atoms with E-state index >= 15 is 0 Å². The lowest BCUT2D eigenvalue weighted by molar-refractivity contribution is 0.0911. The van der Waals surface area contributed by atoms with Crippen molar-refractivity contribution < 1.29 is 9.47 Å². The van der Waals surface area contributed by atoms with E-state index in [1.165, 1.54) is 16.7 Å². The van der Waals surface area contributed by atoms with Crippen LogP contribution in [0.5, 0.6) is 5.75 Å². The van der Waals surface area contributed by atoms with Gasteiger partial charge in [0.05, 0.1) is 6.61 Å². The average Bonchev–Trinajstić information content (AvgIpc) is 2.34. The molecule has 108 valence electrons. The van der Waals surface area contributed by atoms with E-state index in [9.17, 15) is 0 Å². The summed E-state index contributed by atoms with van der Waals surface area (Å²) < 4.78 is 11.1. The van der Waals surface area contributed by atoms with Crippen molar-refractivity contribution >= 4 is 0 Å². The molecule has 0 aliphatic rings. The fourth-order valence-electron chi connectivity index (χ4n) is 2.21. The highest BCUT2D eigenvalue weighted by Gasteiger charge is 2.10. The number of methoxy groups -OCH3 is 1. The van der Waals surface area contributed by atoms with Gasteiger partial charge in [0.15, 0.2) is 0 Å². The largest absolute Gasteiger partial charge is 0.488 e. The molecule has 1 aromatic carbocycles. The molecular formula is C16H27NO2. The van der Waals surface area contributed by atoms with Gasteiger partial charge in [0.25, 0.3) is 0 Å². The Bertz CT molecular complexity index is 367. The highest BCUT2D eigenvalue weighted by molar-refractivity contribution is 5.43. The van der Waals surface area contributed by atoms with Crippen LogP contribution < -0.4 is 10.1 Å². The van der Waals surface area contributed by atoms with Crippen LogP contribution >= 0.6 is 0 Å². The Kier molecular flexibility index (Phi) is 6.89. The Morgan fingerprint density at radius 3 is 2.37 bits per heavy atom. The summed E-state index contributed by atoms with van der Waals surface area (Å²) in [4.78, 5) is 0. The molecule has 1 atom stereocenters. The van der Waals surface area contributed by atoms with E-state index in [2.05, 4.69) is 38.2 Å². The summed E-state index contributed by atoms with van der Waals surface area (Å²) in [5, 5.41) is 3.43. The molecule has 3 heteroatoms. The first-order chi connectivity index (χ1) is 9.08. The quantitative estimate of drug-likeness (QED) is 0.732. The molecule has 0 aromatic heterocycles. The third-order valence-corrected chi connectivity index (χ3v) is 3.00. The molecule has 1 aromatic rings. The van der Waals surface area contributed by atoms with Crippen LogP contribution in [0.4, 0.5) is 0 Å². The minimum absolute atomic E-state index is 0.0754. The molecule has 1 unspecified atom stereocenters. The van der Waals surface area contributed by atoms with Gasteiger partial charge in [0.2, 0.25) is 0 Å². The third kappa shape index (κ3) is 5.21. The normalized spacial score (nSPS) is 12.5. The van der Waals surface area contributed by atoms with Gasteiger partial charge >= 0.3 is 0 Å². The van der Waals surface area contributed by atoms with Gasteiger partial charge < -0.3 is 14.8 Å². The molecule has 1 N–H and O–H groups in total. The number of aryl methyl sites for hydroxylation is 2. The topological polar surface area (TPSA) is 30.5 Å². The Labute approximate surface area is 117 Å². The van der Waals surface area contributed by atoms with Gasteiger partial charge in [0, 0.05) is 13.7 Å². The number of rotatable bonds is 8. The first-order valence-corrected chi connectivity index (χ1v) is 7.04. The van der Waals surface area contributed by atoms with Crippen molar-refractivity contribution in [2.75, 3.05) is 20.3 Å². The Balaban J connectivity index is 2.73. The summed E-state index contributed by atoms with van der Waals surface area (Å²) in [6.45, 7) is 11.0. The van der Waals surface area contributed by atoms with Crippen molar-refractivity contribution in [3.05, 3.63) is 28.8 Å². The molecule has 0 aliphatic heterocycles. The summed E-state index contributed by atoms with van der Waals surface area (Å²) >= 11 is 0. The predicted molar refractivity (Wildman–Crippen MR) is 79.9 cm³/mol. The van der Waals surface area contributed by atoms with Crippen LogP contribution in [-0.4, -0.2) is 26.4 Å². The second-order valence-electron chi connectivity index (χ2n) is 5.12. The van der Waals surface area contributed by atoms with Gasteiger partial charge in [-0.25, -0.2) is 0 Å². The lowest BCUT2D eigenvalue weighted by Gasteiger charge is -2.19. The predicted octanol–water partition coefficient (Wildman–Crippen LogP) is 3.22. The average molecular weight is 265 g/mol.